The van der Waals surface area contributed by atoms with Crippen LogP contribution >= 0.6 is 0 Å². The van der Waals surface area contributed by atoms with Gasteiger partial charge in [0.1, 0.15) is 6.26 Å². The Balaban J connectivity index is 2.53. The van der Waals surface area contributed by atoms with Gasteiger partial charge in [-0.15, -0.1) is 0 Å². The number of methoxy groups -OCH3 is 1. The van der Waals surface area contributed by atoms with Crippen LogP contribution in [0.4, 0.5) is 5.82 Å². The first kappa shape index (κ1) is 17.2. The Morgan fingerprint density at radius 2 is 2.24 bits per heavy atom. The van der Waals surface area contributed by atoms with Gasteiger partial charge in [0.15, 0.2) is 5.82 Å². The van der Waals surface area contributed by atoms with E-state index < -0.39 is 0 Å². The van der Waals surface area contributed by atoms with Gasteiger partial charge in [-0.05, 0) is 12.3 Å². The third-order valence-electron chi connectivity index (χ3n) is 2.75. The van der Waals surface area contributed by atoms with E-state index in [4.69, 9.17) is 4.74 Å². The molecule has 0 saturated carbocycles. The van der Waals surface area contributed by atoms with Gasteiger partial charge in [-0.25, -0.2) is 0 Å². The molecular formula is C14H23N3O4. The SMILES string of the molecule is COCCCN(CC(=O)Nc1ccon1)C(=O)CC(C)C. The van der Waals surface area contributed by atoms with E-state index in [0.29, 0.717) is 31.8 Å². The minimum absolute atomic E-state index is 0.00211. The average molecular weight is 297 g/mol. The third-order valence-corrected chi connectivity index (χ3v) is 2.75. The van der Waals surface area contributed by atoms with Crippen LogP contribution in [0, 0.1) is 5.92 Å². The first-order valence-corrected chi connectivity index (χ1v) is 7.00. The molecule has 0 aromatic carbocycles. The number of nitrogens with one attached hydrogen (secondary N) is 1. The Bertz CT molecular complexity index is 431. The molecule has 0 saturated heterocycles. The largest absolute Gasteiger partial charge is 0.385 e. The highest BCUT2D eigenvalue weighted by atomic mass is 16.5. The topological polar surface area (TPSA) is 84.7 Å². The second-order valence-electron chi connectivity index (χ2n) is 5.19. The lowest BCUT2D eigenvalue weighted by molar-refractivity contribution is -0.135. The summed E-state index contributed by atoms with van der Waals surface area (Å²) < 4.78 is 9.62. The molecule has 0 aliphatic rings. The normalized spacial score (nSPS) is 10.7. The van der Waals surface area contributed by atoms with Gasteiger partial charge in [-0.2, -0.15) is 0 Å². The number of hydrogen-bond acceptors (Lipinski definition) is 5. The van der Waals surface area contributed by atoms with Crippen LogP contribution in [0.15, 0.2) is 16.9 Å². The first-order chi connectivity index (χ1) is 10.0. The average Bonchev–Trinajstić information content (AvgIpc) is 2.89. The van der Waals surface area contributed by atoms with Gasteiger partial charge in [-0.1, -0.05) is 19.0 Å². The maximum absolute atomic E-state index is 12.2. The van der Waals surface area contributed by atoms with E-state index in [2.05, 4.69) is 15.0 Å². The molecule has 2 amide bonds. The molecule has 0 unspecified atom stereocenters. The summed E-state index contributed by atoms with van der Waals surface area (Å²) in [5, 5.41) is 6.18. The van der Waals surface area contributed by atoms with Crippen LogP contribution in [-0.2, 0) is 14.3 Å². The van der Waals surface area contributed by atoms with Crippen LogP contribution in [0.3, 0.4) is 0 Å². The maximum atomic E-state index is 12.2. The zero-order valence-electron chi connectivity index (χ0n) is 12.8. The molecule has 1 aromatic heterocycles. The number of carbonyl (C=O) groups excluding carboxylic acids is 2. The zero-order chi connectivity index (χ0) is 15.7. The lowest BCUT2D eigenvalue weighted by atomic mass is 10.1. The first-order valence-electron chi connectivity index (χ1n) is 7.00. The molecule has 1 N–H and O–H groups in total. The summed E-state index contributed by atoms with van der Waals surface area (Å²) in [6, 6.07) is 1.54. The predicted octanol–water partition coefficient (Wildman–Crippen LogP) is 1.52. The number of rotatable bonds is 9. The fourth-order valence-electron chi connectivity index (χ4n) is 1.80. The number of amides is 2. The van der Waals surface area contributed by atoms with Crippen LogP contribution in [0.2, 0.25) is 0 Å². The molecule has 7 heteroatoms. The standard InChI is InChI=1S/C14H23N3O4/c1-11(2)9-14(19)17(6-4-7-20-3)10-13(18)15-12-5-8-21-16-12/h5,8,11H,4,6-7,9-10H2,1-3H3,(H,15,16,18). The van der Waals surface area contributed by atoms with E-state index in [1.54, 1.807) is 18.1 Å². The van der Waals surface area contributed by atoms with Crippen molar-refractivity contribution in [2.24, 2.45) is 5.92 Å². The Kier molecular flexibility index (Phi) is 7.45. The molecular weight excluding hydrogens is 274 g/mol. The van der Waals surface area contributed by atoms with Gasteiger partial charge >= 0.3 is 0 Å². The summed E-state index contributed by atoms with van der Waals surface area (Å²) in [6.45, 7) is 4.99. The van der Waals surface area contributed by atoms with Crippen molar-refractivity contribution in [3.05, 3.63) is 12.3 Å². The molecule has 0 atom stereocenters. The number of anilines is 1. The highest BCUT2D eigenvalue weighted by Gasteiger charge is 2.18. The van der Waals surface area contributed by atoms with Crippen LogP contribution < -0.4 is 5.32 Å². The van der Waals surface area contributed by atoms with Crippen molar-refractivity contribution >= 4 is 17.6 Å². The maximum Gasteiger partial charge on any atom is 0.245 e. The fourth-order valence-corrected chi connectivity index (χ4v) is 1.80. The smallest absolute Gasteiger partial charge is 0.245 e. The molecule has 0 aliphatic carbocycles. The van der Waals surface area contributed by atoms with E-state index in [1.807, 2.05) is 13.8 Å². The number of nitrogens with zero attached hydrogens (tertiary/aromatic N) is 2. The predicted molar refractivity (Wildman–Crippen MR) is 77.7 cm³/mol. The molecule has 0 aliphatic heterocycles. The van der Waals surface area contributed by atoms with E-state index in [1.165, 1.54) is 6.26 Å². The van der Waals surface area contributed by atoms with Gasteiger partial charge < -0.3 is 19.5 Å². The summed E-state index contributed by atoms with van der Waals surface area (Å²) in [5.74, 6) is 0.268. The van der Waals surface area contributed by atoms with Gasteiger partial charge in [0, 0.05) is 32.7 Å². The van der Waals surface area contributed by atoms with Crippen molar-refractivity contribution < 1.29 is 18.8 Å². The summed E-state index contributed by atoms with van der Waals surface area (Å²) in [7, 11) is 1.61. The van der Waals surface area contributed by atoms with Crippen LogP contribution in [0.1, 0.15) is 26.7 Å². The molecule has 0 bridgehead atoms. The van der Waals surface area contributed by atoms with E-state index in [-0.39, 0.29) is 24.3 Å². The second kappa shape index (κ2) is 9.12. The van der Waals surface area contributed by atoms with Gasteiger partial charge in [0.2, 0.25) is 11.8 Å². The van der Waals surface area contributed by atoms with Gasteiger partial charge in [0.25, 0.3) is 0 Å². The van der Waals surface area contributed by atoms with E-state index in [0.717, 1.165) is 0 Å². The summed E-state index contributed by atoms with van der Waals surface area (Å²) in [5.41, 5.74) is 0. The van der Waals surface area contributed by atoms with Crippen molar-refractivity contribution in [2.45, 2.75) is 26.7 Å². The molecule has 1 aromatic rings. The number of aromatic nitrogens is 1. The van der Waals surface area contributed by atoms with Gasteiger partial charge in [-0.3, -0.25) is 9.59 Å². The van der Waals surface area contributed by atoms with Crippen molar-refractivity contribution in [2.75, 3.05) is 32.1 Å². The van der Waals surface area contributed by atoms with Crippen molar-refractivity contribution in [3.63, 3.8) is 0 Å². The van der Waals surface area contributed by atoms with Crippen LogP contribution in [-0.4, -0.2) is 48.7 Å². The van der Waals surface area contributed by atoms with E-state index >= 15 is 0 Å². The molecule has 0 fully saturated rings. The number of ether oxygens (including phenoxy) is 1. The highest BCUT2D eigenvalue weighted by Crippen LogP contribution is 2.06. The highest BCUT2D eigenvalue weighted by molar-refractivity contribution is 5.93. The molecule has 0 radical (unpaired) electrons. The van der Waals surface area contributed by atoms with Crippen molar-refractivity contribution in [1.29, 1.82) is 0 Å². The van der Waals surface area contributed by atoms with Crippen molar-refractivity contribution in [3.8, 4) is 0 Å². The molecule has 21 heavy (non-hydrogen) atoms. The second-order valence-corrected chi connectivity index (χ2v) is 5.19. The summed E-state index contributed by atoms with van der Waals surface area (Å²) in [4.78, 5) is 25.6. The lowest BCUT2D eigenvalue weighted by Gasteiger charge is -2.22. The molecule has 118 valence electrons. The van der Waals surface area contributed by atoms with E-state index in [9.17, 15) is 9.59 Å². The molecule has 1 heterocycles. The molecule has 7 nitrogen and oxygen atoms in total. The number of hydrogen-bond donors (Lipinski definition) is 1. The van der Waals surface area contributed by atoms with Gasteiger partial charge in [0.05, 0.1) is 6.54 Å². The Morgan fingerprint density at radius 1 is 1.48 bits per heavy atom. The minimum Gasteiger partial charge on any atom is -0.385 e. The van der Waals surface area contributed by atoms with Crippen LogP contribution in [0.5, 0.6) is 0 Å². The fraction of sp³-hybridized carbons (Fsp3) is 0.643. The lowest BCUT2D eigenvalue weighted by Crippen LogP contribution is -2.39. The minimum atomic E-state index is -0.293. The third kappa shape index (κ3) is 6.89. The summed E-state index contributed by atoms with van der Waals surface area (Å²) >= 11 is 0. The Hall–Kier alpha value is -1.89. The van der Waals surface area contributed by atoms with Crippen molar-refractivity contribution in [1.82, 2.24) is 10.1 Å². The molecule has 0 spiro atoms. The monoisotopic (exact) mass is 297 g/mol. The summed E-state index contributed by atoms with van der Waals surface area (Å²) in [6.07, 6.45) is 2.48. The Labute approximate surface area is 124 Å². The van der Waals surface area contributed by atoms with Crippen LogP contribution in [0.25, 0.3) is 0 Å². The number of carbonyl (C=O) groups is 2. The molecule has 1 rings (SSSR count). The quantitative estimate of drug-likeness (QED) is 0.699. The zero-order valence-corrected chi connectivity index (χ0v) is 12.8. The Morgan fingerprint density at radius 3 is 2.81 bits per heavy atom.